The Bertz CT molecular complexity index is 1180. The van der Waals surface area contributed by atoms with Gasteiger partial charge in [0, 0.05) is 19.3 Å². The van der Waals surface area contributed by atoms with Crippen LogP contribution in [0.4, 0.5) is 0 Å². The van der Waals surface area contributed by atoms with E-state index in [0.717, 1.165) is 109 Å². The highest BCUT2D eigenvalue weighted by Crippen LogP contribution is 2.14. The molecule has 0 N–H and O–H groups in total. The number of carbonyl (C=O) groups excluding carboxylic acids is 3. The molecule has 0 fully saturated rings. The average Bonchev–Trinajstić information content (AvgIpc) is 3.27. The largest absolute Gasteiger partial charge is 0.462 e. The molecule has 0 saturated heterocycles. The lowest BCUT2D eigenvalue weighted by Crippen LogP contribution is -2.30. The molecule has 1 unspecified atom stereocenters. The van der Waals surface area contributed by atoms with E-state index >= 15 is 0 Å². The van der Waals surface area contributed by atoms with Crippen LogP contribution in [0.5, 0.6) is 0 Å². The topological polar surface area (TPSA) is 78.9 Å². The maximum Gasteiger partial charge on any atom is 0.306 e. The Kier molecular flexibility index (Phi) is 47.9. The van der Waals surface area contributed by atoms with Crippen molar-refractivity contribution in [1.82, 2.24) is 0 Å². The third-order valence-corrected chi connectivity index (χ3v) is 10.9. The van der Waals surface area contributed by atoms with Crippen molar-refractivity contribution in [1.29, 1.82) is 0 Å². The van der Waals surface area contributed by atoms with Gasteiger partial charge in [0.2, 0.25) is 0 Å². The summed E-state index contributed by atoms with van der Waals surface area (Å²) in [5.74, 6) is -0.941. The summed E-state index contributed by atoms with van der Waals surface area (Å²) in [6, 6.07) is 0. The van der Waals surface area contributed by atoms with Gasteiger partial charge < -0.3 is 14.2 Å². The van der Waals surface area contributed by atoms with Gasteiger partial charge >= 0.3 is 17.9 Å². The summed E-state index contributed by atoms with van der Waals surface area (Å²) in [5.41, 5.74) is 0. The molecule has 0 amide bonds. The lowest BCUT2D eigenvalue weighted by Gasteiger charge is -2.18. The normalized spacial score (nSPS) is 12.6. The zero-order valence-corrected chi connectivity index (χ0v) is 40.6. The maximum atomic E-state index is 12.8. The predicted octanol–water partition coefficient (Wildman–Crippen LogP) is 17.0. The molecule has 0 aromatic heterocycles. The molecule has 0 spiro atoms. The van der Waals surface area contributed by atoms with E-state index in [1.54, 1.807) is 0 Å². The molecule has 6 heteroatoms. The highest BCUT2D eigenvalue weighted by Gasteiger charge is 2.19. The van der Waals surface area contributed by atoms with Gasteiger partial charge in [0.15, 0.2) is 6.10 Å². The molecule has 0 aromatic carbocycles. The molecule has 0 aliphatic rings. The van der Waals surface area contributed by atoms with Crippen LogP contribution in [-0.2, 0) is 28.6 Å². The summed E-state index contributed by atoms with van der Waals surface area (Å²) < 4.78 is 16.8. The monoisotopic (exact) mass is 865 g/mol. The van der Waals surface area contributed by atoms with Crippen LogP contribution in [0.25, 0.3) is 0 Å². The summed E-state index contributed by atoms with van der Waals surface area (Å²) in [7, 11) is 0. The Morgan fingerprint density at radius 1 is 0.339 bits per heavy atom. The first-order valence-corrected chi connectivity index (χ1v) is 25.9. The van der Waals surface area contributed by atoms with Gasteiger partial charge in [0.05, 0.1) is 0 Å². The van der Waals surface area contributed by atoms with Crippen LogP contribution in [0.3, 0.4) is 0 Å². The second-order valence-electron chi connectivity index (χ2n) is 17.0. The second kappa shape index (κ2) is 50.5. The van der Waals surface area contributed by atoms with Crippen molar-refractivity contribution >= 4 is 17.9 Å². The van der Waals surface area contributed by atoms with Crippen LogP contribution in [0.15, 0.2) is 72.9 Å². The van der Waals surface area contributed by atoms with E-state index in [2.05, 4.69) is 93.7 Å². The van der Waals surface area contributed by atoms with E-state index < -0.39 is 6.10 Å². The van der Waals surface area contributed by atoms with Crippen LogP contribution in [0.2, 0.25) is 0 Å². The van der Waals surface area contributed by atoms with Crippen LogP contribution in [0.1, 0.15) is 245 Å². The fourth-order valence-corrected chi connectivity index (χ4v) is 7.00. The number of carbonyl (C=O) groups is 3. The van der Waals surface area contributed by atoms with E-state index in [4.69, 9.17) is 14.2 Å². The van der Waals surface area contributed by atoms with E-state index in [1.165, 1.54) is 96.3 Å². The molecule has 0 rings (SSSR count). The van der Waals surface area contributed by atoms with Crippen molar-refractivity contribution in [3.05, 3.63) is 72.9 Å². The van der Waals surface area contributed by atoms with Gasteiger partial charge in [-0.05, 0) is 103 Å². The van der Waals surface area contributed by atoms with Gasteiger partial charge in [-0.1, -0.05) is 196 Å². The Labute approximate surface area is 382 Å². The fraction of sp³-hybridized carbons (Fsp3) is 0.732. The predicted molar refractivity (Wildman–Crippen MR) is 265 cm³/mol. The van der Waals surface area contributed by atoms with Gasteiger partial charge in [-0.25, -0.2) is 0 Å². The molecule has 0 aliphatic carbocycles. The molecule has 0 saturated carbocycles. The van der Waals surface area contributed by atoms with E-state index in [-0.39, 0.29) is 31.1 Å². The zero-order valence-electron chi connectivity index (χ0n) is 40.6. The molecule has 1 atom stereocenters. The van der Waals surface area contributed by atoms with Crippen LogP contribution in [0, 0.1) is 0 Å². The molecule has 0 heterocycles. The first-order valence-electron chi connectivity index (χ1n) is 25.9. The van der Waals surface area contributed by atoms with Crippen LogP contribution in [-0.4, -0.2) is 37.2 Å². The summed E-state index contributed by atoms with van der Waals surface area (Å²) >= 11 is 0. The quantitative estimate of drug-likeness (QED) is 0.0262. The maximum absolute atomic E-state index is 12.8. The molecule has 6 nitrogen and oxygen atoms in total. The first kappa shape index (κ1) is 58.9. The second-order valence-corrected chi connectivity index (χ2v) is 17.0. The van der Waals surface area contributed by atoms with Crippen LogP contribution < -0.4 is 0 Å². The SMILES string of the molecule is CC/C=C\C/C=C\C/C=C\CCCCCC(=O)OCC(COC(=O)CCCCCCCCC/C=C\CCCCCCCC)OC(=O)CCCCCCC/C=C\C/C=C\CCCC. The Morgan fingerprint density at radius 2 is 0.645 bits per heavy atom. The minimum absolute atomic E-state index is 0.0930. The number of allylic oxidation sites excluding steroid dienone is 12. The number of esters is 3. The van der Waals surface area contributed by atoms with Gasteiger partial charge in [0.1, 0.15) is 13.2 Å². The standard InChI is InChI=1S/C56H96O6/c1-4-7-10-13-16-19-22-25-27-28-29-32-34-37-40-43-46-49-55(58)61-52-53(51-60-54(57)48-45-42-39-36-33-30-24-21-18-15-12-9-6-3)62-56(59)50-47-44-41-38-35-31-26-23-20-17-14-11-8-5-2/h9,12,14,17-18,21,23,25-27,30,33,53H,4-8,10-11,13,15-16,19-20,22,24,28-29,31-32,34-52H2,1-3H3/b12-9-,17-14-,21-18-,26-23-,27-25-,33-30-. The number of hydrogen-bond acceptors (Lipinski definition) is 6. The minimum Gasteiger partial charge on any atom is -0.462 e. The van der Waals surface area contributed by atoms with Crippen molar-refractivity contribution in [3.63, 3.8) is 0 Å². The van der Waals surface area contributed by atoms with E-state index in [1.807, 2.05) is 0 Å². The van der Waals surface area contributed by atoms with E-state index in [0.29, 0.717) is 19.3 Å². The average molecular weight is 865 g/mol. The molecular formula is C56H96O6. The first-order chi connectivity index (χ1) is 30.5. The Hall–Kier alpha value is -3.15. The number of unbranched alkanes of at least 4 members (excludes halogenated alkanes) is 23. The van der Waals surface area contributed by atoms with Gasteiger partial charge in [-0.15, -0.1) is 0 Å². The van der Waals surface area contributed by atoms with Crippen molar-refractivity contribution in [2.45, 2.75) is 252 Å². The van der Waals surface area contributed by atoms with Crippen molar-refractivity contribution in [2.24, 2.45) is 0 Å². The molecule has 0 aromatic rings. The third kappa shape index (κ3) is 47.9. The lowest BCUT2D eigenvalue weighted by molar-refractivity contribution is -0.167. The van der Waals surface area contributed by atoms with Crippen LogP contribution >= 0.6 is 0 Å². The summed E-state index contributed by atoms with van der Waals surface area (Å²) in [4.78, 5) is 38.0. The molecule has 0 bridgehead atoms. The summed E-state index contributed by atoms with van der Waals surface area (Å²) in [5, 5.41) is 0. The zero-order chi connectivity index (χ0) is 45.1. The van der Waals surface area contributed by atoms with Crippen molar-refractivity contribution < 1.29 is 28.6 Å². The highest BCUT2D eigenvalue weighted by atomic mass is 16.6. The Balaban J connectivity index is 4.43. The van der Waals surface area contributed by atoms with Crippen molar-refractivity contribution in [3.8, 4) is 0 Å². The third-order valence-electron chi connectivity index (χ3n) is 10.9. The smallest absolute Gasteiger partial charge is 0.306 e. The molecule has 0 radical (unpaired) electrons. The Morgan fingerprint density at radius 3 is 1.06 bits per heavy atom. The molecular weight excluding hydrogens is 769 g/mol. The fourth-order valence-electron chi connectivity index (χ4n) is 7.00. The summed E-state index contributed by atoms with van der Waals surface area (Å²) in [6.07, 6.45) is 63.1. The molecule has 62 heavy (non-hydrogen) atoms. The number of ether oxygens (including phenoxy) is 3. The highest BCUT2D eigenvalue weighted by molar-refractivity contribution is 5.71. The van der Waals surface area contributed by atoms with Crippen molar-refractivity contribution in [2.75, 3.05) is 13.2 Å². The lowest BCUT2D eigenvalue weighted by atomic mass is 10.1. The molecule has 0 aliphatic heterocycles. The number of hydrogen-bond donors (Lipinski definition) is 0. The van der Waals surface area contributed by atoms with Gasteiger partial charge in [0.25, 0.3) is 0 Å². The number of rotatable bonds is 46. The minimum atomic E-state index is -0.795. The molecule has 356 valence electrons. The summed E-state index contributed by atoms with van der Waals surface area (Å²) in [6.45, 7) is 6.44. The van der Waals surface area contributed by atoms with Gasteiger partial charge in [-0.3, -0.25) is 14.4 Å². The van der Waals surface area contributed by atoms with E-state index in [9.17, 15) is 14.4 Å². The van der Waals surface area contributed by atoms with Gasteiger partial charge in [-0.2, -0.15) is 0 Å².